The topological polar surface area (TPSA) is 54.3 Å². The van der Waals surface area contributed by atoms with Crippen LogP contribution in [-0.2, 0) is 6.54 Å². The Morgan fingerprint density at radius 1 is 1.35 bits per heavy atom. The lowest BCUT2D eigenvalue weighted by atomic mass is 10.00. The first-order chi connectivity index (χ1) is 11.2. The fourth-order valence-electron chi connectivity index (χ4n) is 2.77. The van der Waals surface area contributed by atoms with Gasteiger partial charge in [-0.2, -0.15) is 5.26 Å². The molecule has 1 heterocycles. The summed E-state index contributed by atoms with van der Waals surface area (Å²) < 4.78 is 24.2. The van der Waals surface area contributed by atoms with Gasteiger partial charge in [-0.15, -0.1) is 0 Å². The highest BCUT2D eigenvalue weighted by molar-refractivity contribution is 5.45. The highest BCUT2D eigenvalue weighted by atomic mass is 19.1. The normalized spacial score (nSPS) is 16.1. The number of nitrogens with zero attached hydrogens (tertiary/aromatic N) is 1. The summed E-state index contributed by atoms with van der Waals surface area (Å²) >= 11 is 0. The SMILES string of the molecule is COc1ccc(CNC2CCOc3ccc(F)cc32)cc1C#N. The van der Waals surface area contributed by atoms with Gasteiger partial charge < -0.3 is 14.8 Å². The van der Waals surface area contributed by atoms with Crippen LogP contribution in [0.4, 0.5) is 4.39 Å². The molecule has 1 N–H and O–H groups in total. The molecule has 5 heteroatoms. The molecule has 1 atom stereocenters. The molecule has 0 fully saturated rings. The summed E-state index contributed by atoms with van der Waals surface area (Å²) in [5.41, 5.74) is 2.32. The molecular formula is C18H17FN2O2. The van der Waals surface area contributed by atoms with E-state index in [0.29, 0.717) is 24.5 Å². The Morgan fingerprint density at radius 2 is 2.22 bits per heavy atom. The van der Waals surface area contributed by atoms with Gasteiger partial charge in [0.2, 0.25) is 0 Å². The molecular weight excluding hydrogens is 295 g/mol. The molecule has 0 saturated heterocycles. The maximum Gasteiger partial charge on any atom is 0.136 e. The number of nitriles is 1. The fourth-order valence-corrected chi connectivity index (χ4v) is 2.77. The number of rotatable bonds is 4. The van der Waals surface area contributed by atoms with E-state index in [-0.39, 0.29) is 11.9 Å². The van der Waals surface area contributed by atoms with E-state index in [0.717, 1.165) is 23.3 Å². The molecule has 3 rings (SSSR count). The van der Waals surface area contributed by atoms with Crippen molar-refractivity contribution in [1.82, 2.24) is 5.32 Å². The van der Waals surface area contributed by atoms with Crippen molar-refractivity contribution in [2.24, 2.45) is 0 Å². The van der Waals surface area contributed by atoms with Gasteiger partial charge in [-0.25, -0.2) is 4.39 Å². The lowest BCUT2D eigenvalue weighted by Crippen LogP contribution is -2.27. The Morgan fingerprint density at radius 3 is 3.00 bits per heavy atom. The average Bonchev–Trinajstić information content (AvgIpc) is 2.59. The minimum absolute atomic E-state index is 0.0297. The maximum atomic E-state index is 13.5. The van der Waals surface area contributed by atoms with Gasteiger partial charge in [0, 0.05) is 24.6 Å². The quantitative estimate of drug-likeness (QED) is 0.941. The Bertz CT molecular complexity index is 755. The minimum Gasteiger partial charge on any atom is -0.495 e. The van der Waals surface area contributed by atoms with Gasteiger partial charge >= 0.3 is 0 Å². The Labute approximate surface area is 134 Å². The molecule has 1 aliphatic rings. The zero-order chi connectivity index (χ0) is 16.2. The average molecular weight is 312 g/mol. The van der Waals surface area contributed by atoms with E-state index in [9.17, 15) is 4.39 Å². The third kappa shape index (κ3) is 3.27. The van der Waals surface area contributed by atoms with Crippen LogP contribution in [0, 0.1) is 17.1 Å². The van der Waals surface area contributed by atoms with Crippen LogP contribution in [0.2, 0.25) is 0 Å². The van der Waals surface area contributed by atoms with E-state index < -0.39 is 0 Å². The van der Waals surface area contributed by atoms with Gasteiger partial charge in [-0.05, 0) is 35.9 Å². The van der Waals surface area contributed by atoms with Gasteiger partial charge in [0.25, 0.3) is 0 Å². The molecule has 0 amide bonds. The van der Waals surface area contributed by atoms with Crippen LogP contribution in [-0.4, -0.2) is 13.7 Å². The lowest BCUT2D eigenvalue weighted by molar-refractivity contribution is 0.251. The van der Waals surface area contributed by atoms with E-state index in [1.807, 2.05) is 6.07 Å². The minimum atomic E-state index is -0.266. The van der Waals surface area contributed by atoms with Gasteiger partial charge in [-0.1, -0.05) is 6.07 Å². The van der Waals surface area contributed by atoms with Crippen LogP contribution in [0.5, 0.6) is 11.5 Å². The number of halogens is 1. The first kappa shape index (κ1) is 15.3. The van der Waals surface area contributed by atoms with Gasteiger partial charge in [0.05, 0.1) is 19.3 Å². The largest absolute Gasteiger partial charge is 0.495 e. The van der Waals surface area contributed by atoms with E-state index in [1.165, 1.54) is 12.1 Å². The molecule has 1 aliphatic heterocycles. The summed E-state index contributed by atoms with van der Waals surface area (Å²) in [6.07, 6.45) is 0.776. The number of hydrogen-bond acceptors (Lipinski definition) is 4. The lowest BCUT2D eigenvalue weighted by Gasteiger charge is -2.27. The highest BCUT2D eigenvalue weighted by Gasteiger charge is 2.21. The monoisotopic (exact) mass is 312 g/mol. The van der Waals surface area contributed by atoms with E-state index in [4.69, 9.17) is 14.7 Å². The number of methoxy groups -OCH3 is 1. The van der Waals surface area contributed by atoms with Crippen molar-refractivity contribution in [3.05, 3.63) is 58.9 Å². The van der Waals surface area contributed by atoms with Crippen molar-refractivity contribution in [3.8, 4) is 17.6 Å². The maximum absolute atomic E-state index is 13.5. The third-order valence-electron chi connectivity index (χ3n) is 3.95. The van der Waals surface area contributed by atoms with Crippen LogP contribution in [0.1, 0.15) is 29.2 Å². The van der Waals surface area contributed by atoms with Crippen molar-refractivity contribution in [3.63, 3.8) is 0 Å². The summed E-state index contributed by atoms with van der Waals surface area (Å²) in [7, 11) is 1.54. The van der Waals surface area contributed by atoms with Crippen molar-refractivity contribution in [2.45, 2.75) is 19.0 Å². The van der Waals surface area contributed by atoms with Crippen LogP contribution in [0.3, 0.4) is 0 Å². The fraction of sp³-hybridized carbons (Fsp3) is 0.278. The zero-order valence-electron chi connectivity index (χ0n) is 12.8. The predicted octanol–water partition coefficient (Wildman–Crippen LogP) is 3.32. The summed E-state index contributed by atoms with van der Waals surface area (Å²) in [6.45, 7) is 1.18. The van der Waals surface area contributed by atoms with Crippen LogP contribution >= 0.6 is 0 Å². The molecule has 0 saturated carbocycles. The Hall–Kier alpha value is -2.58. The molecule has 23 heavy (non-hydrogen) atoms. The first-order valence-corrected chi connectivity index (χ1v) is 7.44. The zero-order valence-corrected chi connectivity index (χ0v) is 12.8. The van der Waals surface area contributed by atoms with Crippen molar-refractivity contribution >= 4 is 0 Å². The summed E-state index contributed by atoms with van der Waals surface area (Å²) in [5, 5.41) is 12.6. The summed E-state index contributed by atoms with van der Waals surface area (Å²) in [5.74, 6) is 1.02. The Balaban J connectivity index is 1.75. The van der Waals surface area contributed by atoms with E-state index >= 15 is 0 Å². The number of nitrogens with one attached hydrogen (secondary N) is 1. The number of benzene rings is 2. The predicted molar refractivity (Wildman–Crippen MR) is 83.8 cm³/mol. The second-order valence-electron chi connectivity index (χ2n) is 5.40. The van der Waals surface area contributed by atoms with Gasteiger partial charge in [0.1, 0.15) is 23.4 Å². The van der Waals surface area contributed by atoms with Crippen LogP contribution in [0.25, 0.3) is 0 Å². The molecule has 0 aromatic heterocycles. The van der Waals surface area contributed by atoms with E-state index in [2.05, 4.69) is 11.4 Å². The van der Waals surface area contributed by atoms with Crippen LogP contribution < -0.4 is 14.8 Å². The van der Waals surface area contributed by atoms with Crippen molar-refractivity contribution < 1.29 is 13.9 Å². The molecule has 2 aromatic carbocycles. The van der Waals surface area contributed by atoms with Crippen molar-refractivity contribution in [1.29, 1.82) is 5.26 Å². The van der Waals surface area contributed by atoms with Gasteiger partial charge in [0.15, 0.2) is 0 Å². The van der Waals surface area contributed by atoms with Crippen LogP contribution in [0.15, 0.2) is 36.4 Å². The highest BCUT2D eigenvalue weighted by Crippen LogP contribution is 2.32. The molecule has 0 radical (unpaired) electrons. The number of hydrogen-bond donors (Lipinski definition) is 1. The standard InChI is InChI=1S/C18H17FN2O2/c1-22-17-4-2-12(8-13(17)10-20)11-21-16-6-7-23-18-5-3-14(19)9-15(16)18/h2-5,8-9,16,21H,6-7,11H2,1H3. The number of ether oxygens (including phenoxy) is 2. The third-order valence-corrected chi connectivity index (χ3v) is 3.95. The summed E-state index contributed by atoms with van der Waals surface area (Å²) in [4.78, 5) is 0. The molecule has 0 aliphatic carbocycles. The molecule has 2 aromatic rings. The second kappa shape index (κ2) is 6.67. The first-order valence-electron chi connectivity index (χ1n) is 7.44. The smallest absolute Gasteiger partial charge is 0.136 e. The second-order valence-corrected chi connectivity index (χ2v) is 5.40. The molecule has 1 unspecified atom stereocenters. The number of fused-ring (bicyclic) bond motifs is 1. The summed E-state index contributed by atoms with van der Waals surface area (Å²) in [6, 6.07) is 12.2. The molecule has 0 bridgehead atoms. The Kier molecular flexibility index (Phi) is 4.45. The molecule has 118 valence electrons. The van der Waals surface area contributed by atoms with E-state index in [1.54, 1.807) is 25.3 Å². The molecule has 0 spiro atoms. The van der Waals surface area contributed by atoms with Crippen molar-refractivity contribution in [2.75, 3.05) is 13.7 Å². The van der Waals surface area contributed by atoms with Gasteiger partial charge in [-0.3, -0.25) is 0 Å². The molecule has 4 nitrogen and oxygen atoms in total.